The van der Waals surface area contributed by atoms with Gasteiger partial charge in [0.15, 0.2) is 0 Å². The first-order chi connectivity index (χ1) is 6.11. The van der Waals surface area contributed by atoms with Gasteiger partial charge in [-0.3, -0.25) is 0 Å². The molecular formula is C8H7Br2NO2. The van der Waals surface area contributed by atoms with E-state index in [4.69, 9.17) is 5.11 Å². The van der Waals surface area contributed by atoms with Crippen molar-refractivity contribution in [3.63, 3.8) is 0 Å². The maximum absolute atomic E-state index is 10.3. The molecular weight excluding hydrogens is 302 g/mol. The topological polar surface area (TPSA) is 49.3 Å². The Hall–Kier alpha value is -0.550. The molecule has 1 aromatic rings. The molecule has 2 N–H and O–H groups in total. The van der Waals surface area contributed by atoms with E-state index in [1.807, 2.05) is 24.3 Å². The predicted molar refractivity (Wildman–Crippen MR) is 57.0 cm³/mol. The van der Waals surface area contributed by atoms with E-state index in [1.54, 1.807) is 0 Å². The number of amides is 1. The van der Waals surface area contributed by atoms with Gasteiger partial charge in [-0.2, -0.15) is 0 Å². The first-order valence-electron chi connectivity index (χ1n) is 3.49. The van der Waals surface area contributed by atoms with Crippen molar-refractivity contribution in [3.8, 4) is 0 Å². The molecule has 0 saturated carbocycles. The Morgan fingerprint density at radius 3 is 2.62 bits per heavy atom. The van der Waals surface area contributed by atoms with Crippen LogP contribution in [0.25, 0.3) is 0 Å². The van der Waals surface area contributed by atoms with Crippen LogP contribution in [0.15, 0.2) is 28.7 Å². The number of carboxylic acid groups (broad SMARTS) is 1. The van der Waals surface area contributed by atoms with Crippen molar-refractivity contribution in [2.45, 2.75) is 4.95 Å². The average molecular weight is 309 g/mol. The number of halogens is 2. The van der Waals surface area contributed by atoms with Gasteiger partial charge in [0.1, 0.15) is 4.95 Å². The zero-order valence-corrected chi connectivity index (χ0v) is 9.67. The van der Waals surface area contributed by atoms with Gasteiger partial charge in [-0.1, -0.05) is 50.1 Å². The molecule has 0 spiro atoms. The molecule has 3 nitrogen and oxygen atoms in total. The fourth-order valence-corrected chi connectivity index (χ4v) is 2.28. The minimum absolute atomic E-state index is 0.388. The van der Waals surface area contributed by atoms with Crippen molar-refractivity contribution >= 4 is 38.0 Å². The fraction of sp³-hybridized carbons (Fsp3) is 0.125. The van der Waals surface area contributed by atoms with Crippen LogP contribution in [-0.2, 0) is 0 Å². The minimum atomic E-state index is -1.06. The number of hydrogen-bond acceptors (Lipinski definition) is 1. The first kappa shape index (κ1) is 10.5. The van der Waals surface area contributed by atoms with Crippen molar-refractivity contribution in [3.05, 3.63) is 34.3 Å². The first-order valence-corrected chi connectivity index (χ1v) is 5.20. The molecule has 0 fully saturated rings. The third-order valence-electron chi connectivity index (χ3n) is 1.43. The highest BCUT2D eigenvalue weighted by atomic mass is 79.9. The maximum atomic E-state index is 10.3. The molecule has 0 aliphatic heterocycles. The van der Waals surface area contributed by atoms with Crippen molar-refractivity contribution < 1.29 is 9.90 Å². The average Bonchev–Trinajstić information content (AvgIpc) is 2.03. The largest absolute Gasteiger partial charge is 0.465 e. The molecule has 5 heteroatoms. The lowest BCUT2D eigenvalue weighted by Gasteiger charge is -2.11. The lowest BCUT2D eigenvalue weighted by atomic mass is 10.2. The van der Waals surface area contributed by atoms with Gasteiger partial charge in [0.2, 0.25) is 0 Å². The van der Waals surface area contributed by atoms with E-state index in [2.05, 4.69) is 37.2 Å². The highest BCUT2D eigenvalue weighted by Crippen LogP contribution is 2.26. The van der Waals surface area contributed by atoms with Crippen LogP contribution in [0.2, 0.25) is 0 Å². The fourth-order valence-electron chi connectivity index (χ4n) is 0.867. The van der Waals surface area contributed by atoms with Crippen LogP contribution >= 0.6 is 31.9 Å². The van der Waals surface area contributed by atoms with Gasteiger partial charge in [-0.25, -0.2) is 4.79 Å². The summed E-state index contributed by atoms with van der Waals surface area (Å²) in [5.74, 6) is 0. The summed E-state index contributed by atoms with van der Waals surface area (Å²) >= 11 is 6.54. The van der Waals surface area contributed by atoms with Crippen molar-refractivity contribution in [2.24, 2.45) is 0 Å². The molecule has 1 atom stereocenters. The van der Waals surface area contributed by atoms with Gasteiger partial charge in [-0.05, 0) is 11.6 Å². The highest BCUT2D eigenvalue weighted by Gasteiger charge is 2.11. The van der Waals surface area contributed by atoms with Gasteiger partial charge in [0, 0.05) is 4.47 Å². The summed E-state index contributed by atoms with van der Waals surface area (Å²) in [6, 6.07) is 7.40. The van der Waals surface area contributed by atoms with E-state index < -0.39 is 6.09 Å². The molecule has 0 radical (unpaired) electrons. The van der Waals surface area contributed by atoms with Crippen LogP contribution in [0, 0.1) is 0 Å². The summed E-state index contributed by atoms with van der Waals surface area (Å²) in [7, 11) is 0. The Morgan fingerprint density at radius 1 is 1.46 bits per heavy atom. The quantitative estimate of drug-likeness (QED) is 0.651. The van der Waals surface area contributed by atoms with Crippen LogP contribution < -0.4 is 5.32 Å². The number of benzene rings is 1. The van der Waals surface area contributed by atoms with Crippen LogP contribution in [0.3, 0.4) is 0 Å². The molecule has 0 aliphatic rings. The lowest BCUT2D eigenvalue weighted by Crippen LogP contribution is -2.22. The summed E-state index contributed by atoms with van der Waals surface area (Å²) in [6.45, 7) is 0. The molecule has 1 unspecified atom stereocenters. The second-order valence-electron chi connectivity index (χ2n) is 2.33. The summed E-state index contributed by atoms with van der Waals surface area (Å²) in [4.78, 5) is 9.95. The lowest BCUT2D eigenvalue weighted by molar-refractivity contribution is 0.194. The third-order valence-corrected chi connectivity index (χ3v) is 2.87. The SMILES string of the molecule is O=C(O)NC(Br)c1ccccc1Br. The zero-order chi connectivity index (χ0) is 9.84. The number of alkyl halides is 1. The Labute approximate surface area is 92.4 Å². The standard InChI is InChI=1S/C8H7Br2NO2/c9-6-4-2-1-3-5(6)7(10)11-8(12)13/h1-4,7,11H,(H,12,13). The van der Waals surface area contributed by atoms with E-state index >= 15 is 0 Å². The number of rotatable bonds is 2. The minimum Gasteiger partial charge on any atom is -0.465 e. The van der Waals surface area contributed by atoms with Crippen molar-refractivity contribution in [1.29, 1.82) is 0 Å². The third kappa shape index (κ3) is 3.00. The molecule has 70 valence electrons. The highest BCUT2D eigenvalue weighted by molar-refractivity contribution is 9.11. The predicted octanol–water partition coefficient (Wildman–Crippen LogP) is 3.11. The number of nitrogens with one attached hydrogen (secondary N) is 1. The van der Waals surface area contributed by atoms with Crippen LogP contribution in [0.1, 0.15) is 10.5 Å². The van der Waals surface area contributed by atoms with Gasteiger partial charge in [-0.15, -0.1) is 0 Å². The van der Waals surface area contributed by atoms with Crippen molar-refractivity contribution in [2.75, 3.05) is 0 Å². The Morgan fingerprint density at radius 2 is 2.08 bits per heavy atom. The molecule has 0 heterocycles. The molecule has 13 heavy (non-hydrogen) atoms. The van der Waals surface area contributed by atoms with Gasteiger partial charge in [0.05, 0.1) is 0 Å². The summed E-state index contributed by atoms with van der Waals surface area (Å²) < 4.78 is 0.866. The molecule has 0 aliphatic carbocycles. The van der Waals surface area contributed by atoms with Crippen LogP contribution in [0.5, 0.6) is 0 Å². The van der Waals surface area contributed by atoms with Crippen LogP contribution in [-0.4, -0.2) is 11.2 Å². The summed E-state index contributed by atoms with van der Waals surface area (Å²) in [5, 5.41) is 10.8. The molecule has 1 amide bonds. The number of carbonyl (C=O) groups is 1. The van der Waals surface area contributed by atoms with Crippen LogP contribution in [0.4, 0.5) is 4.79 Å². The van der Waals surface area contributed by atoms with Crippen molar-refractivity contribution in [1.82, 2.24) is 5.32 Å². The maximum Gasteiger partial charge on any atom is 0.405 e. The molecule has 0 saturated heterocycles. The second-order valence-corrected chi connectivity index (χ2v) is 4.10. The summed E-state index contributed by atoms with van der Waals surface area (Å²) in [5.41, 5.74) is 0.852. The molecule has 1 rings (SSSR count). The Kier molecular flexibility index (Phi) is 3.74. The van der Waals surface area contributed by atoms with E-state index in [1.165, 1.54) is 0 Å². The van der Waals surface area contributed by atoms with Gasteiger partial charge >= 0.3 is 6.09 Å². The van der Waals surface area contributed by atoms with E-state index in [9.17, 15) is 4.79 Å². The van der Waals surface area contributed by atoms with E-state index in [0.717, 1.165) is 10.0 Å². The van der Waals surface area contributed by atoms with Gasteiger partial charge in [0.25, 0.3) is 0 Å². The Balaban J connectivity index is 2.82. The molecule has 0 aromatic heterocycles. The van der Waals surface area contributed by atoms with Gasteiger partial charge < -0.3 is 10.4 Å². The molecule has 1 aromatic carbocycles. The van der Waals surface area contributed by atoms with E-state index in [-0.39, 0.29) is 4.95 Å². The number of hydrogen-bond donors (Lipinski definition) is 2. The summed E-state index contributed by atoms with van der Waals surface area (Å²) in [6.07, 6.45) is -1.06. The normalized spacial score (nSPS) is 12.2. The smallest absolute Gasteiger partial charge is 0.405 e. The zero-order valence-electron chi connectivity index (χ0n) is 6.50. The Bertz CT molecular complexity index is 317. The monoisotopic (exact) mass is 307 g/mol. The van der Waals surface area contributed by atoms with E-state index in [0.29, 0.717) is 0 Å². The second kappa shape index (κ2) is 4.62. The molecule has 0 bridgehead atoms.